The fourth-order valence-electron chi connectivity index (χ4n) is 2.22. The summed E-state index contributed by atoms with van der Waals surface area (Å²) in [5.74, 6) is 0.261. The van der Waals surface area contributed by atoms with Crippen LogP contribution in [0.4, 0.5) is 11.4 Å². The molecule has 0 aromatic heterocycles. The predicted octanol–water partition coefficient (Wildman–Crippen LogP) is 3.65. The van der Waals surface area contributed by atoms with Crippen molar-refractivity contribution in [3.05, 3.63) is 64.2 Å². The maximum Gasteiger partial charge on any atom is 0.311 e. The van der Waals surface area contributed by atoms with Gasteiger partial charge in [-0.15, -0.1) is 0 Å². The van der Waals surface area contributed by atoms with Crippen LogP contribution in [0.5, 0.6) is 5.75 Å². The minimum absolute atomic E-state index is 0.0289. The maximum atomic E-state index is 10.9. The van der Waals surface area contributed by atoms with Crippen molar-refractivity contribution < 1.29 is 9.66 Å². The molecule has 0 amide bonds. The molecule has 0 saturated heterocycles. The largest absolute Gasteiger partial charge is 0.490 e. The fourth-order valence-corrected chi connectivity index (χ4v) is 2.22. The highest BCUT2D eigenvalue weighted by Gasteiger charge is 2.15. The molecule has 2 aromatic carbocycles. The molecule has 0 fully saturated rings. The van der Waals surface area contributed by atoms with Gasteiger partial charge in [0, 0.05) is 23.9 Å². The minimum Gasteiger partial charge on any atom is -0.490 e. The molecule has 0 aliphatic carbocycles. The van der Waals surface area contributed by atoms with Crippen molar-refractivity contribution in [3.8, 4) is 5.75 Å². The Balaban J connectivity index is 2.07. The number of rotatable bonds is 6. The van der Waals surface area contributed by atoms with Crippen molar-refractivity contribution in [1.82, 2.24) is 0 Å². The zero-order valence-electron chi connectivity index (χ0n) is 12.1. The summed E-state index contributed by atoms with van der Waals surface area (Å²) in [6.45, 7) is 2.07. The number of nitro benzene ring substituents is 1. The molecule has 1 N–H and O–H groups in total. The number of hydrogen-bond donors (Lipinski definition) is 1. The van der Waals surface area contributed by atoms with Crippen LogP contribution >= 0.6 is 0 Å². The summed E-state index contributed by atoms with van der Waals surface area (Å²) in [7, 11) is 1.43. The monoisotopic (exact) mass is 286 g/mol. The van der Waals surface area contributed by atoms with E-state index in [1.54, 1.807) is 12.1 Å². The average molecular weight is 286 g/mol. The van der Waals surface area contributed by atoms with Gasteiger partial charge >= 0.3 is 5.69 Å². The molecule has 5 nitrogen and oxygen atoms in total. The zero-order chi connectivity index (χ0) is 15.2. The van der Waals surface area contributed by atoms with Gasteiger partial charge in [-0.1, -0.05) is 30.3 Å². The molecule has 1 unspecified atom stereocenters. The highest BCUT2D eigenvalue weighted by Crippen LogP contribution is 2.30. The minimum atomic E-state index is -0.448. The smallest absolute Gasteiger partial charge is 0.311 e. The lowest BCUT2D eigenvalue weighted by molar-refractivity contribution is -0.385. The molecule has 110 valence electrons. The Bertz CT molecular complexity index is 614. The lowest BCUT2D eigenvalue weighted by atomic mass is 10.1. The third-order valence-corrected chi connectivity index (χ3v) is 3.17. The number of hydrogen-bond acceptors (Lipinski definition) is 4. The Morgan fingerprint density at radius 3 is 2.57 bits per heavy atom. The summed E-state index contributed by atoms with van der Waals surface area (Å²) in [6, 6.07) is 15.2. The summed E-state index contributed by atoms with van der Waals surface area (Å²) in [5, 5.41) is 14.2. The van der Waals surface area contributed by atoms with E-state index in [-0.39, 0.29) is 17.5 Å². The van der Waals surface area contributed by atoms with E-state index in [9.17, 15) is 10.1 Å². The van der Waals surface area contributed by atoms with Crippen LogP contribution in [0, 0.1) is 10.1 Å². The molecule has 0 radical (unpaired) electrons. The average Bonchev–Trinajstić information content (AvgIpc) is 2.47. The number of anilines is 1. The van der Waals surface area contributed by atoms with E-state index in [0.717, 1.165) is 12.1 Å². The standard InChI is InChI=1S/C16H18N2O3/c1-12(10-13-6-4-3-5-7-13)17-14-8-9-15(18(19)20)16(11-14)21-2/h3-9,11-12,17H,10H2,1-2H3. The molecule has 2 rings (SSSR count). The Hall–Kier alpha value is -2.56. The maximum absolute atomic E-state index is 10.9. The van der Waals surface area contributed by atoms with Crippen LogP contribution in [0.2, 0.25) is 0 Å². The first-order chi connectivity index (χ1) is 10.1. The topological polar surface area (TPSA) is 64.4 Å². The fraction of sp³-hybridized carbons (Fsp3) is 0.250. The molecular weight excluding hydrogens is 268 g/mol. The summed E-state index contributed by atoms with van der Waals surface area (Å²) in [4.78, 5) is 10.4. The molecule has 0 bridgehead atoms. The SMILES string of the molecule is COc1cc(NC(C)Cc2ccccc2)ccc1[N+](=O)[O-]. The lowest BCUT2D eigenvalue weighted by Gasteiger charge is -2.16. The number of ether oxygens (including phenoxy) is 1. The number of nitro groups is 1. The summed E-state index contributed by atoms with van der Waals surface area (Å²) >= 11 is 0. The van der Waals surface area contributed by atoms with Crippen LogP contribution in [-0.4, -0.2) is 18.1 Å². The van der Waals surface area contributed by atoms with Crippen molar-refractivity contribution in [1.29, 1.82) is 0 Å². The van der Waals surface area contributed by atoms with E-state index in [1.807, 2.05) is 18.2 Å². The van der Waals surface area contributed by atoms with Crippen LogP contribution in [0.3, 0.4) is 0 Å². The number of benzene rings is 2. The second kappa shape index (κ2) is 6.74. The first kappa shape index (κ1) is 14.8. The predicted molar refractivity (Wildman–Crippen MR) is 82.9 cm³/mol. The first-order valence-electron chi connectivity index (χ1n) is 6.73. The molecular formula is C16H18N2O3. The van der Waals surface area contributed by atoms with Crippen molar-refractivity contribution in [3.63, 3.8) is 0 Å². The summed E-state index contributed by atoms with van der Waals surface area (Å²) < 4.78 is 5.07. The van der Waals surface area contributed by atoms with E-state index in [1.165, 1.54) is 18.7 Å². The number of nitrogens with zero attached hydrogens (tertiary/aromatic N) is 1. The van der Waals surface area contributed by atoms with Gasteiger partial charge in [-0.2, -0.15) is 0 Å². The molecule has 0 saturated carbocycles. The zero-order valence-corrected chi connectivity index (χ0v) is 12.1. The van der Waals surface area contributed by atoms with Crippen LogP contribution < -0.4 is 10.1 Å². The molecule has 0 aliphatic rings. The second-order valence-electron chi connectivity index (χ2n) is 4.88. The van der Waals surface area contributed by atoms with E-state index in [2.05, 4.69) is 24.4 Å². The molecule has 0 aliphatic heterocycles. The van der Waals surface area contributed by atoms with Gasteiger partial charge in [-0.3, -0.25) is 10.1 Å². The normalized spacial score (nSPS) is 11.7. The molecule has 1 atom stereocenters. The molecule has 21 heavy (non-hydrogen) atoms. The third-order valence-electron chi connectivity index (χ3n) is 3.17. The van der Waals surface area contributed by atoms with Gasteiger partial charge in [-0.25, -0.2) is 0 Å². The van der Waals surface area contributed by atoms with E-state index >= 15 is 0 Å². The highest BCUT2D eigenvalue weighted by atomic mass is 16.6. The summed E-state index contributed by atoms with van der Waals surface area (Å²) in [6.07, 6.45) is 0.875. The van der Waals surface area contributed by atoms with E-state index in [0.29, 0.717) is 0 Å². The molecule has 2 aromatic rings. The van der Waals surface area contributed by atoms with Crippen LogP contribution in [-0.2, 0) is 6.42 Å². The van der Waals surface area contributed by atoms with Gasteiger partial charge in [0.1, 0.15) is 0 Å². The highest BCUT2D eigenvalue weighted by molar-refractivity contribution is 5.58. The van der Waals surface area contributed by atoms with Gasteiger partial charge in [0.25, 0.3) is 0 Å². The quantitative estimate of drug-likeness (QED) is 0.650. The van der Waals surface area contributed by atoms with E-state index in [4.69, 9.17) is 4.74 Å². The first-order valence-corrected chi connectivity index (χ1v) is 6.73. The van der Waals surface area contributed by atoms with Gasteiger partial charge in [0.15, 0.2) is 5.75 Å². The number of methoxy groups -OCH3 is 1. The Morgan fingerprint density at radius 1 is 1.24 bits per heavy atom. The van der Waals surface area contributed by atoms with Gasteiger partial charge in [0.05, 0.1) is 12.0 Å². The molecule has 5 heteroatoms. The van der Waals surface area contributed by atoms with Crippen LogP contribution in [0.25, 0.3) is 0 Å². The van der Waals surface area contributed by atoms with Crippen molar-refractivity contribution >= 4 is 11.4 Å². The molecule has 0 heterocycles. The van der Waals surface area contributed by atoms with Gasteiger partial charge in [-0.05, 0) is 25.0 Å². The van der Waals surface area contributed by atoms with Gasteiger partial charge < -0.3 is 10.1 Å². The summed E-state index contributed by atoms with van der Waals surface area (Å²) in [5.41, 5.74) is 2.02. The Kier molecular flexibility index (Phi) is 4.77. The Labute approximate surface area is 123 Å². The van der Waals surface area contributed by atoms with Crippen molar-refractivity contribution in [2.45, 2.75) is 19.4 Å². The van der Waals surface area contributed by atoms with Crippen molar-refractivity contribution in [2.75, 3.05) is 12.4 Å². The third kappa shape index (κ3) is 3.95. The number of nitrogens with one attached hydrogen (secondary N) is 1. The van der Waals surface area contributed by atoms with Crippen LogP contribution in [0.1, 0.15) is 12.5 Å². The Morgan fingerprint density at radius 2 is 1.95 bits per heavy atom. The second-order valence-corrected chi connectivity index (χ2v) is 4.88. The van der Waals surface area contributed by atoms with Crippen molar-refractivity contribution in [2.24, 2.45) is 0 Å². The van der Waals surface area contributed by atoms with Gasteiger partial charge in [0.2, 0.25) is 0 Å². The van der Waals surface area contributed by atoms with E-state index < -0.39 is 4.92 Å². The molecule has 0 spiro atoms. The van der Waals surface area contributed by atoms with Crippen LogP contribution in [0.15, 0.2) is 48.5 Å². The lowest BCUT2D eigenvalue weighted by Crippen LogP contribution is -2.18.